The summed E-state index contributed by atoms with van der Waals surface area (Å²) in [6.45, 7) is 1.29. The van der Waals surface area contributed by atoms with Crippen LogP contribution in [0.3, 0.4) is 0 Å². The maximum absolute atomic E-state index is 12.4. The second-order valence-corrected chi connectivity index (χ2v) is 5.79. The van der Waals surface area contributed by atoms with E-state index < -0.39 is 12.1 Å². The molecule has 23 heavy (non-hydrogen) atoms. The SMILES string of the molecule is O=C(O)CC1CN(C(=O)CCc2c[nH]c3ccccc23)CCO1. The number of aromatic nitrogens is 1. The van der Waals surface area contributed by atoms with E-state index in [0.29, 0.717) is 32.5 Å². The monoisotopic (exact) mass is 316 g/mol. The maximum Gasteiger partial charge on any atom is 0.306 e. The van der Waals surface area contributed by atoms with Crippen molar-refractivity contribution in [2.75, 3.05) is 19.7 Å². The van der Waals surface area contributed by atoms with Gasteiger partial charge in [-0.15, -0.1) is 0 Å². The van der Waals surface area contributed by atoms with Crippen LogP contribution < -0.4 is 0 Å². The van der Waals surface area contributed by atoms with E-state index >= 15 is 0 Å². The number of rotatable bonds is 5. The fraction of sp³-hybridized carbons (Fsp3) is 0.412. The third-order valence-corrected chi connectivity index (χ3v) is 4.18. The number of para-hydroxylation sites is 1. The minimum atomic E-state index is -0.900. The van der Waals surface area contributed by atoms with Gasteiger partial charge >= 0.3 is 5.97 Å². The first-order valence-electron chi connectivity index (χ1n) is 7.79. The molecule has 1 unspecified atom stereocenters. The van der Waals surface area contributed by atoms with Gasteiger partial charge in [0.1, 0.15) is 0 Å². The molecule has 1 aromatic carbocycles. The molecule has 2 N–H and O–H groups in total. The molecule has 2 aromatic rings. The lowest BCUT2D eigenvalue weighted by Gasteiger charge is -2.32. The Morgan fingerprint density at radius 2 is 2.17 bits per heavy atom. The maximum atomic E-state index is 12.4. The van der Waals surface area contributed by atoms with E-state index in [4.69, 9.17) is 9.84 Å². The number of carboxylic acid groups (broad SMARTS) is 1. The molecule has 6 nitrogen and oxygen atoms in total. The quantitative estimate of drug-likeness (QED) is 0.881. The van der Waals surface area contributed by atoms with Crippen LogP contribution in [-0.4, -0.2) is 52.7 Å². The summed E-state index contributed by atoms with van der Waals surface area (Å²) in [5.74, 6) is -0.850. The Bertz CT molecular complexity index is 709. The highest BCUT2D eigenvalue weighted by Crippen LogP contribution is 2.19. The highest BCUT2D eigenvalue weighted by molar-refractivity contribution is 5.84. The molecule has 1 fully saturated rings. The van der Waals surface area contributed by atoms with Gasteiger partial charge in [0.25, 0.3) is 0 Å². The van der Waals surface area contributed by atoms with E-state index in [0.717, 1.165) is 16.5 Å². The number of carbonyl (C=O) groups excluding carboxylic acids is 1. The number of aryl methyl sites for hydroxylation is 1. The van der Waals surface area contributed by atoms with Gasteiger partial charge in [0, 0.05) is 36.6 Å². The molecule has 6 heteroatoms. The third-order valence-electron chi connectivity index (χ3n) is 4.18. The summed E-state index contributed by atoms with van der Waals surface area (Å²) in [6, 6.07) is 8.02. The summed E-state index contributed by atoms with van der Waals surface area (Å²) < 4.78 is 5.40. The summed E-state index contributed by atoms with van der Waals surface area (Å²) in [7, 11) is 0. The lowest BCUT2D eigenvalue weighted by atomic mass is 10.1. The van der Waals surface area contributed by atoms with Crippen molar-refractivity contribution in [1.29, 1.82) is 0 Å². The van der Waals surface area contributed by atoms with Gasteiger partial charge in [-0.2, -0.15) is 0 Å². The number of carboxylic acids is 1. The van der Waals surface area contributed by atoms with Gasteiger partial charge in [-0.1, -0.05) is 18.2 Å². The van der Waals surface area contributed by atoms with Crippen molar-refractivity contribution in [3.63, 3.8) is 0 Å². The highest BCUT2D eigenvalue weighted by atomic mass is 16.5. The molecule has 0 saturated carbocycles. The van der Waals surface area contributed by atoms with E-state index in [9.17, 15) is 9.59 Å². The summed E-state index contributed by atoms with van der Waals surface area (Å²) >= 11 is 0. The average molecular weight is 316 g/mol. The number of carbonyl (C=O) groups is 2. The van der Waals surface area contributed by atoms with Gasteiger partial charge in [-0.25, -0.2) is 0 Å². The number of aliphatic carboxylic acids is 1. The Labute approximate surface area is 134 Å². The van der Waals surface area contributed by atoms with Gasteiger partial charge in [-0.3, -0.25) is 9.59 Å². The number of ether oxygens (including phenoxy) is 1. The standard InChI is InChI=1S/C17H20N2O4/c20-16(19-7-8-23-13(11-19)9-17(21)22)6-5-12-10-18-15-4-2-1-3-14(12)15/h1-4,10,13,18H,5-9,11H2,(H,21,22). The second-order valence-electron chi connectivity index (χ2n) is 5.79. The zero-order valence-electron chi connectivity index (χ0n) is 12.8. The van der Waals surface area contributed by atoms with Crippen molar-refractivity contribution in [3.8, 4) is 0 Å². The fourth-order valence-corrected chi connectivity index (χ4v) is 3.00. The molecule has 1 atom stereocenters. The molecule has 2 heterocycles. The number of morpholine rings is 1. The second kappa shape index (κ2) is 6.83. The van der Waals surface area contributed by atoms with Crippen molar-refractivity contribution >= 4 is 22.8 Å². The summed E-state index contributed by atoms with van der Waals surface area (Å²) in [5, 5.41) is 9.98. The van der Waals surface area contributed by atoms with Gasteiger partial charge in [0.05, 0.1) is 19.1 Å². The smallest absolute Gasteiger partial charge is 0.306 e. The Hall–Kier alpha value is -2.34. The van der Waals surface area contributed by atoms with Crippen LogP contribution in [-0.2, 0) is 20.7 Å². The molecule has 0 aliphatic carbocycles. The molecule has 3 rings (SSSR count). The van der Waals surface area contributed by atoms with Gasteiger partial charge < -0.3 is 19.7 Å². The molecular weight excluding hydrogens is 296 g/mol. The lowest BCUT2D eigenvalue weighted by Crippen LogP contribution is -2.46. The number of aromatic amines is 1. The molecular formula is C17H20N2O4. The molecule has 1 aromatic heterocycles. The number of H-pyrrole nitrogens is 1. The van der Waals surface area contributed by atoms with E-state index in [1.807, 2.05) is 30.5 Å². The van der Waals surface area contributed by atoms with Crippen molar-refractivity contribution in [2.45, 2.75) is 25.4 Å². The van der Waals surface area contributed by atoms with Crippen LogP contribution in [0.15, 0.2) is 30.5 Å². The number of hydrogen-bond donors (Lipinski definition) is 2. The zero-order chi connectivity index (χ0) is 16.2. The van der Waals surface area contributed by atoms with Crippen LogP contribution in [0.4, 0.5) is 0 Å². The molecule has 1 aliphatic heterocycles. The predicted molar refractivity (Wildman–Crippen MR) is 85.2 cm³/mol. The van der Waals surface area contributed by atoms with Crippen LogP contribution in [0.25, 0.3) is 10.9 Å². The molecule has 122 valence electrons. The summed E-state index contributed by atoms with van der Waals surface area (Å²) in [6.07, 6.45) is 2.57. The van der Waals surface area contributed by atoms with Crippen molar-refractivity contribution in [1.82, 2.24) is 9.88 Å². The molecule has 0 bridgehead atoms. The fourth-order valence-electron chi connectivity index (χ4n) is 3.00. The van der Waals surface area contributed by atoms with E-state index in [1.165, 1.54) is 0 Å². The van der Waals surface area contributed by atoms with Crippen LogP contribution in [0, 0.1) is 0 Å². The van der Waals surface area contributed by atoms with Crippen molar-refractivity contribution in [2.24, 2.45) is 0 Å². The zero-order valence-corrected chi connectivity index (χ0v) is 12.8. The Balaban J connectivity index is 1.57. The number of nitrogens with zero attached hydrogens (tertiary/aromatic N) is 1. The minimum absolute atomic E-state index is 0.0500. The van der Waals surface area contributed by atoms with Crippen LogP contribution in [0.2, 0.25) is 0 Å². The highest BCUT2D eigenvalue weighted by Gasteiger charge is 2.25. The summed E-state index contributed by atoms with van der Waals surface area (Å²) in [5.41, 5.74) is 2.20. The molecule has 1 aliphatic rings. The van der Waals surface area contributed by atoms with Gasteiger partial charge in [0.2, 0.25) is 5.91 Å². The summed E-state index contributed by atoms with van der Waals surface area (Å²) in [4.78, 5) is 28.1. The van der Waals surface area contributed by atoms with Gasteiger partial charge in [0.15, 0.2) is 0 Å². The molecule has 0 spiro atoms. The molecule has 1 amide bonds. The van der Waals surface area contributed by atoms with E-state index in [-0.39, 0.29) is 12.3 Å². The number of benzene rings is 1. The Kier molecular flexibility index (Phi) is 4.62. The number of nitrogens with one attached hydrogen (secondary N) is 1. The molecule has 1 saturated heterocycles. The average Bonchev–Trinajstić information content (AvgIpc) is 2.95. The number of fused-ring (bicyclic) bond motifs is 1. The van der Waals surface area contributed by atoms with Gasteiger partial charge in [-0.05, 0) is 18.1 Å². The van der Waals surface area contributed by atoms with Crippen molar-refractivity contribution in [3.05, 3.63) is 36.0 Å². The van der Waals surface area contributed by atoms with Crippen LogP contribution >= 0.6 is 0 Å². The largest absolute Gasteiger partial charge is 0.481 e. The number of amides is 1. The first kappa shape index (κ1) is 15.6. The van der Waals surface area contributed by atoms with Crippen LogP contribution in [0.1, 0.15) is 18.4 Å². The normalized spacial score (nSPS) is 18.3. The third kappa shape index (κ3) is 3.71. The van der Waals surface area contributed by atoms with E-state index in [2.05, 4.69) is 4.98 Å². The Morgan fingerprint density at radius 1 is 1.35 bits per heavy atom. The lowest BCUT2D eigenvalue weighted by molar-refractivity contribution is -0.147. The van der Waals surface area contributed by atoms with E-state index in [1.54, 1.807) is 4.90 Å². The predicted octanol–water partition coefficient (Wildman–Crippen LogP) is 1.80. The minimum Gasteiger partial charge on any atom is -0.481 e. The van der Waals surface area contributed by atoms with Crippen molar-refractivity contribution < 1.29 is 19.4 Å². The number of hydrogen-bond acceptors (Lipinski definition) is 3. The topological polar surface area (TPSA) is 82.6 Å². The Morgan fingerprint density at radius 3 is 3.00 bits per heavy atom. The first-order valence-corrected chi connectivity index (χ1v) is 7.79. The van der Waals surface area contributed by atoms with Crippen LogP contribution in [0.5, 0.6) is 0 Å². The first-order chi connectivity index (χ1) is 11.1. The molecule has 0 radical (unpaired) electrons.